The lowest BCUT2D eigenvalue weighted by Gasteiger charge is -2.39. The fourth-order valence-corrected chi connectivity index (χ4v) is 2.40. The van der Waals surface area contributed by atoms with Crippen molar-refractivity contribution in [1.82, 2.24) is 5.32 Å². The lowest BCUT2D eigenvalue weighted by molar-refractivity contribution is -0.142. The van der Waals surface area contributed by atoms with Gasteiger partial charge < -0.3 is 4.74 Å². The summed E-state index contributed by atoms with van der Waals surface area (Å²) in [5.74, 6) is 0.638. The third-order valence-corrected chi connectivity index (χ3v) is 4.20. The molecule has 0 aromatic heterocycles. The first-order valence-corrected chi connectivity index (χ1v) is 5.44. The van der Waals surface area contributed by atoms with Crippen LogP contribution in [-0.2, 0) is 9.53 Å². The zero-order valence-electron chi connectivity index (χ0n) is 8.59. The van der Waals surface area contributed by atoms with Crippen molar-refractivity contribution < 1.29 is 9.53 Å². The maximum Gasteiger partial charge on any atom is 0.323 e. The van der Waals surface area contributed by atoms with E-state index in [1.165, 1.54) is 7.11 Å². The van der Waals surface area contributed by atoms with Crippen molar-refractivity contribution in [1.29, 1.82) is 0 Å². The summed E-state index contributed by atoms with van der Waals surface area (Å²) in [6, 6.07) is 0.188. The Morgan fingerprint density at radius 2 is 2.23 bits per heavy atom. The molecule has 3 nitrogen and oxygen atoms in total. The number of methoxy groups -OCH3 is 1. The Hall–Kier alpha value is -0.220. The predicted octanol–water partition coefficient (Wildman–Crippen LogP) is 1.03. The Morgan fingerprint density at radius 1 is 1.62 bits per heavy atom. The minimum atomic E-state index is -0.158. The predicted molar refractivity (Wildman–Crippen MR) is 54.9 cm³/mol. The van der Waals surface area contributed by atoms with Gasteiger partial charge in [0.1, 0.15) is 6.04 Å². The molecule has 0 unspecified atom stereocenters. The molecule has 0 saturated carbocycles. The van der Waals surface area contributed by atoms with Crippen LogP contribution < -0.4 is 5.32 Å². The number of nitrogens with one attached hydrogen (secondary N) is 1. The second-order valence-electron chi connectivity index (χ2n) is 3.88. The van der Waals surface area contributed by atoms with E-state index in [0.29, 0.717) is 6.04 Å². The van der Waals surface area contributed by atoms with Gasteiger partial charge in [0.2, 0.25) is 0 Å². The second-order valence-corrected chi connectivity index (χ2v) is 5.55. The Balaban J connectivity index is 2.56. The number of rotatable bonds is 1. The molecule has 1 rings (SSSR count). The Labute approximate surface area is 83.6 Å². The second kappa shape index (κ2) is 3.88. The van der Waals surface area contributed by atoms with Gasteiger partial charge in [-0.3, -0.25) is 10.1 Å². The van der Waals surface area contributed by atoms with Crippen LogP contribution in [0.4, 0.5) is 0 Å². The van der Waals surface area contributed by atoms with E-state index in [1.54, 1.807) is 0 Å². The lowest BCUT2D eigenvalue weighted by Crippen LogP contribution is -2.56. The van der Waals surface area contributed by atoms with Crippen molar-refractivity contribution in [3.63, 3.8) is 0 Å². The highest BCUT2D eigenvalue weighted by Crippen LogP contribution is 2.32. The SMILES string of the molecule is COC(=O)[C@@H]1CSC(C)(C)[C@H](C)N1. The van der Waals surface area contributed by atoms with Gasteiger partial charge >= 0.3 is 5.97 Å². The molecule has 76 valence electrons. The number of thioether (sulfide) groups is 1. The van der Waals surface area contributed by atoms with E-state index in [0.717, 1.165) is 5.75 Å². The molecule has 0 spiro atoms. The van der Waals surface area contributed by atoms with Gasteiger partial charge in [-0.05, 0) is 20.8 Å². The van der Waals surface area contributed by atoms with Crippen molar-refractivity contribution in [2.75, 3.05) is 12.9 Å². The van der Waals surface area contributed by atoms with Crippen molar-refractivity contribution in [2.45, 2.75) is 37.6 Å². The van der Waals surface area contributed by atoms with Gasteiger partial charge in [0.05, 0.1) is 7.11 Å². The monoisotopic (exact) mass is 203 g/mol. The van der Waals surface area contributed by atoms with Gasteiger partial charge in [-0.25, -0.2) is 0 Å². The molecule has 1 aliphatic rings. The Morgan fingerprint density at radius 3 is 2.69 bits per heavy atom. The van der Waals surface area contributed by atoms with Gasteiger partial charge in [-0.2, -0.15) is 11.8 Å². The summed E-state index contributed by atoms with van der Waals surface area (Å²) in [7, 11) is 1.43. The average molecular weight is 203 g/mol. The Kier molecular flexibility index (Phi) is 3.24. The van der Waals surface area contributed by atoms with Crippen LogP contribution in [-0.4, -0.2) is 35.7 Å². The molecule has 4 heteroatoms. The number of carbonyl (C=O) groups excluding carboxylic acids is 1. The summed E-state index contributed by atoms with van der Waals surface area (Å²) in [6.07, 6.45) is 0. The van der Waals surface area contributed by atoms with E-state index >= 15 is 0 Å². The molecular weight excluding hydrogens is 186 g/mol. The van der Waals surface area contributed by atoms with Crippen LogP contribution in [0, 0.1) is 0 Å². The van der Waals surface area contributed by atoms with Crippen molar-refractivity contribution in [3.05, 3.63) is 0 Å². The number of esters is 1. The van der Waals surface area contributed by atoms with Crippen molar-refractivity contribution in [2.24, 2.45) is 0 Å². The molecule has 0 radical (unpaired) electrons. The molecule has 2 atom stereocenters. The molecular formula is C9H17NO2S. The van der Waals surface area contributed by atoms with Crippen LogP contribution >= 0.6 is 11.8 Å². The number of hydrogen-bond acceptors (Lipinski definition) is 4. The molecule has 0 amide bonds. The first-order chi connectivity index (χ1) is 5.97. The molecule has 1 heterocycles. The quantitative estimate of drug-likeness (QED) is 0.646. The maximum absolute atomic E-state index is 11.2. The molecule has 1 N–H and O–H groups in total. The first kappa shape index (κ1) is 10.9. The van der Waals surface area contributed by atoms with Crippen LogP contribution in [0.15, 0.2) is 0 Å². The number of ether oxygens (including phenoxy) is 1. The summed E-state index contributed by atoms with van der Waals surface area (Å²) in [4.78, 5) is 11.2. The first-order valence-electron chi connectivity index (χ1n) is 4.45. The van der Waals surface area contributed by atoms with Gasteiger partial charge in [-0.15, -0.1) is 0 Å². The van der Waals surface area contributed by atoms with E-state index in [-0.39, 0.29) is 16.8 Å². The number of carbonyl (C=O) groups is 1. The van der Waals surface area contributed by atoms with Crippen molar-refractivity contribution >= 4 is 17.7 Å². The maximum atomic E-state index is 11.2. The zero-order chi connectivity index (χ0) is 10.1. The molecule has 13 heavy (non-hydrogen) atoms. The van der Waals surface area contributed by atoms with Crippen LogP contribution in [0.3, 0.4) is 0 Å². The van der Waals surface area contributed by atoms with Crippen molar-refractivity contribution in [3.8, 4) is 0 Å². The lowest BCUT2D eigenvalue weighted by atomic mass is 10.0. The van der Waals surface area contributed by atoms with E-state index in [1.807, 2.05) is 11.8 Å². The molecule has 0 bridgehead atoms. The van der Waals surface area contributed by atoms with Gasteiger partial charge in [-0.1, -0.05) is 0 Å². The fourth-order valence-electron chi connectivity index (χ4n) is 1.25. The van der Waals surface area contributed by atoms with E-state index in [9.17, 15) is 4.79 Å². The fraction of sp³-hybridized carbons (Fsp3) is 0.889. The highest BCUT2D eigenvalue weighted by atomic mass is 32.2. The molecule has 1 saturated heterocycles. The summed E-state index contributed by atoms with van der Waals surface area (Å²) in [5.41, 5.74) is 0. The van der Waals surface area contributed by atoms with Crippen LogP contribution in [0.2, 0.25) is 0 Å². The minimum absolute atomic E-state index is 0.141. The smallest absolute Gasteiger partial charge is 0.323 e. The van der Waals surface area contributed by atoms with Gasteiger partial charge in [0.25, 0.3) is 0 Å². The third-order valence-electron chi connectivity index (χ3n) is 2.60. The zero-order valence-corrected chi connectivity index (χ0v) is 9.40. The summed E-state index contributed by atoms with van der Waals surface area (Å²) in [6.45, 7) is 6.47. The summed E-state index contributed by atoms with van der Waals surface area (Å²) >= 11 is 1.82. The minimum Gasteiger partial charge on any atom is -0.468 e. The highest BCUT2D eigenvalue weighted by Gasteiger charge is 2.36. The van der Waals surface area contributed by atoms with Crippen LogP contribution in [0.5, 0.6) is 0 Å². The van der Waals surface area contributed by atoms with E-state index < -0.39 is 0 Å². The molecule has 0 aromatic rings. The number of hydrogen-bond donors (Lipinski definition) is 1. The van der Waals surface area contributed by atoms with Crippen LogP contribution in [0.1, 0.15) is 20.8 Å². The largest absolute Gasteiger partial charge is 0.468 e. The normalized spacial score (nSPS) is 32.6. The third kappa shape index (κ3) is 2.38. The van der Waals surface area contributed by atoms with Gasteiger partial charge in [0, 0.05) is 16.5 Å². The van der Waals surface area contributed by atoms with Gasteiger partial charge in [0.15, 0.2) is 0 Å². The summed E-state index contributed by atoms with van der Waals surface area (Å²) < 4.78 is 4.89. The standard InChI is InChI=1S/C9H17NO2S/c1-6-9(2,3)13-5-7(10-6)8(11)12-4/h6-7,10H,5H2,1-4H3/t6-,7-/m0/s1. The summed E-state index contributed by atoms with van der Waals surface area (Å²) in [5, 5.41) is 3.26. The molecule has 1 fully saturated rings. The van der Waals surface area contributed by atoms with Crippen LogP contribution in [0.25, 0.3) is 0 Å². The Bertz CT molecular complexity index is 206. The molecule has 1 aliphatic heterocycles. The molecule has 0 aliphatic carbocycles. The topological polar surface area (TPSA) is 38.3 Å². The molecule has 0 aromatic carbocycles. The highest BCUT2D eigenvalue weighted by molar-refractivity contribution is 8.00. The average Bonchev–Trinajstić information content (AvgIpc) is 2.08. The van der Waals surface area contributed by atoms with E-state index in [4.69, 9.17) is 4.74 Å². The van der Waals surface area contributed by atoms with E-state index in [2.05, 4.69) is 26.1 Å².